The normalized spacial score (nSPS) is 12.5. The van der Waals surface area contributed by atoms with Gasteiger partial charge in [-0.3, -0.25) is 0 Å². The van der Waals surface area contributed by atoms with Crippen LogP contribution in [0.4, 0.5) is 0 Å². The lowest BCUT2D eigenvalue weighted by atomic mass is 10.0. The molecule has 2 aromatic carbocycles. The maximum Gasteiger partial charge on any atom is 0.311 e. The number of unbranched alkanes of at least 4 members (excludes halogenated alkanes) is 7. The van der Waals surface area contributed by atoms with Crippen molar-refractivity contribution in [3.63, 3.8) is 0 Å². The molecule has 0 aliphatic heterocycles. The quantitative estimate of drug-likeness (QED) is 0.157. The molecule has 2 aromatic rings. The van der Waals surface area contributed by atoms with Gasteiger partial charge in [-0.25, -0.2) is 0 Å². The Bertz CT molecular complexity index is 948. The maximum atomic E-state index is 9.01. The highest BCUT2D eigenvalue weighted by atomic mass is 28.5. The first-order valence-electron chi connectivity index (χ1n) is 14.0. The molecule has 0 heterocycles. The van der Waals surface area contributed by atoms with Crippen molar-refractivity contribution < 1.29 is 8.23 Å². The van der Waals surface area contributed by atoms with E-state index in [1.54, 1.807) is 0 Å². The van der Waals surface area contributed by atoms with Crippen LogP contribution in [-0.2, 0) is 14.3 Å². The minimum atomic E-state index is -2.19. The van der Waals surface area contributed by atoms with Gasteiger partial charge in [0, 0.05) is 0 Å². The molecule has 0 atom stereocenters. The Balaban J connectivity index is 1.83. The van der Waals surface area contributed by atoms with Gasteiger partial charge in [-0.2, -0.15) is 5.26 Å². The minimum Gasteiger partial charge on any atom is -0.437 e. The first-order valence-corrected chi connectivity index (χ1v) is 23.0. The van der Waals surface area contributed by atoms with Crippen LogP contribution < -0.4 is 0 Å². The van der Waals surface area contributed by atoms with Crippen molar-refractivity contribution in [2.75, 3.05) is 0 Å². The predicted octanol–water partition coefficient (Wildman–Crippen LogP) is 9.59. The fourth-order valence-corrected chi connectivity index (χ4v) is 19.4. The third-order valence-electron chi connectivity index (χ3n) is 6.61. The van der Waals surface area contributed by atoms with E-state index < -0.39 is 25.2 Å². The van der Waals surface area contributed by atoms with Crippen LogP contribution in [0.5, 0.6) is 0 Å². The Labute approximate surface area is 224 Å². The Kier molecular flexibility index (Phi) is 12.3. The van der Waals surface area contributed by atoms with Gasteiger partial charge in [-0.15, -0.1) is 0 Å². The van der Waals surface area contributed by atoms with Crippen LogP contribution in [0.1, 0.15) is 69.4 Å². The first kappa shape index (κ1) is 30.7. The zero-order chi connectivity index (χ0) is 26.7. The van der Waals surface area contributed by atoms with E-state index >= 15 is 0 Å². The summed E-state index contributed by atoms with van der Waals surface area (Å²) in [5.74, 6) is 0. The van der Waals surface area contributed by atoms with Gasteiger partial charge in [0.15, 0.2) is 16.6 Å². The minimum absolute atomic E-state index is 0.693. The van der Waals surface area contributed by atoms with Crippen molar-refractivity contribution in [3.05, 3.63) is 59.7 Å². The summed E-state index contributed by atoms with van der Waals surface area (Å²) in [5, 5.41) is 9.01. The van der Waals surface area contributed by atoms with E-state index in [4.69, 9.17) is 13.5 Å². The van der Waals surface area contributed by atoms with Crippen LogP contribution in [0.25, 0.3) is 11.1 Å². The number of nitrogens with zero attached hydrogens (tertiary/aromatic N) is 1. The molecule has 2 rings (SSSR count). The zero-order valence-corrected chi connectivity index (χ0v) is 27.0. The van der Waals surface area contributed by atoms with Gasteiger partial charge in [0.2, 0.25) is 0 Å². The average molecular weight is 540 g/mol. The molecule has 0 N–H and O–H groups in total. The number of benzene rings is 2. The molecule has 0 bridgehead atoms. The summed E-state index contributed by atoms with van der Waals surface area (Å²) in [6.07, 6.45) is 10.9. The molecule has 0 aliphatic rings. The molecule has 0 aliphatic carbocycles. The maximum absolute atomic E-state index is 9.01. The second kappa shape index (κ2) is 14.4. The smallest absolute Gasteiger partial charge is 0.311 e. The third-order valence-corrected chi connectivity index (χ3v) is 17.8. The summed E-state index contributed by atoms with van der Waals surface area (Å²) < 4.78 is 13.7. The number of hydrogen-bond donors (Lipinski definition) is 0. The van der Waals surface area contributed by atoms with E-state index in [9.17, 15) is 0 Å². The molecule has 0 spiro atoms. The summed E-state index contributed by atoms with van der Waals surface area (Å²) in [6, 6.07) is 21.0. The van der Waals surface area contributed by atoms with Crippen molar-refractivity contribution in [3.8, 4) is 17.2 Å². The van der Waals surface area contributed by atoms with Crippen LogP contribution in [0, 0.1) is 11.3 Å². The van der Waals surface area contributed by atoms with Gasteiger partial charge in [0.25, 0.3) is 0 Å². The largest absolute Gasteiger partial charge is 0.437 e. The van der Waals surface area contributed by atoms with E-state index in [1.165, 1.54) is 68.5 Å². The van der Waals surface area contributed by atoms with Gasteiger partial charge < -0.3 is 8.23 Å². The van der Waals surface area contributed by atoms with Crippen molar-refractivity contribution in [1.29, 1.82) is 5.26 Å². The monoisotopic (exact) mass is 539 g/mol. The summed E-state index contributed by atoms with van der Waals surface area (Å²) in [7, 11) is -5.84. The lowest BCUT2D eigenvalue weighted by Gasteiger charge is -2.39. The van der Waals surface area contributed by atoms with Crippen molar-refractivity contribution in [1.82, 2.24) is 0 Å². The molecule has 0 radical (unpaired) electrons. The van der Waals surface area contributed by atoms with Crippen molar-refractivity contribution in [2.24, 2.45) is 0 Å². The van der Waals surface area contributed by atoms with E-state index in [2.05, 4.69) is 76.5 Å². The van der Waals surface area contributed by atoms with Crippen LogP contribution in [0.3, 0.4) is 0 Å². The lowest BCUT2D eigenvalue weighted by Crippen LogP contribution is -2.53. The Hall–Kier alpha value is -1.50. The molecule has 198 valence electrons. The number of hydrogen-bond acceptors (Lipinski definition) is 3. The lowest BCUT2D eigenvalue weighted by molar-refractivity contribution is 0.387. The SMILES string of the molecule is CCCCCCCCCC[Si](C)(C)O[Si](C)(C)O[Si](C)(C)Cc1ccc(-c2ccc(C#N)cc2)cc1. The van der Waals surface area contributed by atoms with Crippen molar-refractivity contribution in [2.45, 2.75) is 110 Å². The van der Waals surface area contributed by atoms with E-state index in [1.807, 2.05) is 24.3 Å². The summed E-state index contributed by atoms with van der Waals surface area (Å²) in [4.78, 5) is 0. The fourth-order valence-electron chi connectivity index (χ4n) is 5.17. The molecule has 0 fully saturated rings. The summed E-state index contributed by atoms with van der Waals surface area (Å²) >= 11 is 0. The molecule has 0 aromatic heterocycles. The molecule has 0 saturated carbocycles. The third kappa shape index (κ3) is 11.7. The molecule has 0 amide bonds. The van der Waals surface area contributed by atoms with Gasteiger partial charge in [0.1, 0.15) is 0 Å². The molecule has 36 heavy (non-hydrogen) atoms. The molecule has 6 heteroatoms. The van der Waals surface area contributed by atoms with Crippen LogP contribution in [0.2, 0.25) is 45.3 Å². The Morgan fingerprint density at radius 2 is 1.11 bits per heavy atom. The molecule has 0 unspecified atom stereocenters. The highest BCUT2D eigenvalue weighted by Gasteiger charge is 2.39. The first-order chi connectivity index (χ1) is 17.0. The molecular weight excluding hydrogens is 491 g/mol. The van der Waals surface area contributed by atoms with Gasteiger partial charge >= 0.3 is 8.56 Å². The Morgan fingerprint density at radius 1 is 0.639 bits per heavy atom. The standard InChI is InChI=1S/C30H49NO2Si3/c1-8-9-10-11-12-13-14-15-24-34(2,3)32-36(6,7)33-35(4,5)26-28-18-22-30(23-19-28)29-20-16-27(25-31)17-21-29/h16-23H,8-15,24,26H2,1-7H3. The molecular formula is C30H49NO2Si3. The fraction of sp³-hybridized carbons (Fsp3) is 0.567. The Morgan fingerprint density at radius 3 is 1.64 bits per heavy atom. The summed E-state index contributed by atoms with van der Waals surface area (Å²) in [6.45, 7) is 16.2. The predicted molar refractivity (Wildman–Crippen MR) is 162 cm³/mol. The zero-order valence-electron chi connectivity index (χ0n) is 24.0. The highest BCUT2D eigenvalue weighted by molar-refractivity contribution is 6.87. The molecule has 0 saturated heterocycles. The van der Waals surface area contributed by atoms with E-state index in [0.717, 1.165) is 11.6 Å². The highest BCUT2D eigenvalue weighted by Crippen LogP contribution is 2.27. The average Bonchev–Trinajstić information content (AvgIpc) is 2.79. The van der Waals surface area contributed by atoms with E-state index in [-0.39, 0.29) is 0 Å². The van der Waals surface area contributed by atoms with E-state index in [0.29, 0.717) is 5.56 Å². The van der Waals surface area contributed by atoms with Crippen molar-refractivity contribution >= 4 is 25.2 Å². The van der Waals surface area contributed by atoms with Gasteiger partial charge in [-0.05, 0) is 80.2 Å². The van der Waals surface area contributed by atoms with Gasteiger partial charge in [0.05, 0.1) is 11.6 Å². The topological polar surface area (TPSA) is 42.2 Å². The number of rotatable bonds is 16. The summed E-state index contributed by atoms with van der Waals surface area (Å²) in [5.41, 5.74) is 4.33. The molecule has 3 nitrogen and oxygen atoms in total. The van der Waals surface area contributed by atoms with Gasteiger partial charge in [-0.1, -0.05) is 94.7 Å². The second-order valence-corrected chi connectivity index (χ2v) is 24.2. The van der Waals surface area contributed by atoms with Crippen LogP contribution in [0.15, 0.2) is 48.5 Å². The van der Waals surface area contributed by atoms with Crippen LogP contribution in [-0.4, -0.2) is 25.2 Å². The number of nitriles is 1. The second-order valence-electron chi connectivity index (χ2n) is 11.9. The van der Waals surface area contributed by atoms with Crippen LogP contribution >= 0.6 is 0 Å².